The molecule has 23 heavy (non-hydrogen) atoms. The molecular formula is C15H18O7S. The van der Waals surface area contributed by atoms with Crippen LogP contribution in [0.15, 0.2) is 6.07 Å². The van der Waals surface area contributed by atoms with Crippen molar-refractivity contribution in [3.63, 3.8) is 0 Å². The van der Waals surface area contributed by atoms with Crippen molar-refractivity contribution in [1.82, 2.24) is 0 Å². The first-order valence-corrected chi connectivity index (χ1v) is 7.75. The summed E-state index contributed by atoms with van der Waals surface area (Å²) in [6, 6.07) is 1.54. The van der Waals surface area contributed by atoms with Gasteiger partial charge < -0.3 is 29.9 Å². The Balaban J connectivity index is 2.26. The van der Waals surface area contributed by atoms with E-state index in [1.807, 2.05) is 0 Å². The van der Waals surface area contributed by atoms with Gasteiger partial charge in [0.25, 0.3) is 0 Å². The third-order valence-electron chi connectivity index (χ3n) is 3.36. The summed E-state index contributed by atoms with van der Waals surface area (Å²) in [4.78, 5) is 12.6. The molecular weight excluding hydrogens is 324 g/mol. The topological polar surface area (TPSA) is 116 Å². The number of ether oxygens (including phenoxy) is 2. The Hall–Kier alpha value is -1.47. The second kappa shape index (κ2) is 7.40. The fourth-order valence-electron chi connectivity index (χ4n) is 2.18. The summed E-state index contributed by atoms with van der Waals surface area (Å²) in [5, 5.41) is 38.6. The lowest BCUT2D eigenvalue weighted by molar-refractivity contribution is -0.277. The maximum absolute atomic E-state index is 11.7. The average Bonchev–Trinajstić information content (AvgIpc) is 2.91. The number of aliphatic hydroxyl groups is 4. The molecule has 7 nitrogen and oxygen atoms in total. The van der Waals surface area contributed by atoms with Gasteiger partial charge in [-0.05, 0) is 6.92 Å². The standard InChI is InChI=1S/C15H18O7S/c1-3-4-8-5-9(14(23-8)7(2)17)21-15-13(20)12(19)11(18)10(6-16)22-15/h5,10-13,15-16,18-20H,6H2,1-2H3/t10-,11-,12+,13-,15-/m1/s1. The van der Waals surface area contributed by atoms with E-state index >= 15 is 0 Å². The molecule has 1 aromatic heterocycles. The molecule has 126 valence electrons. The van der Waals surface area contributed by atoms with Crippen LogP contribution >= 0.6 is 11.3 Å². The van der Waals surface area contributed by atoms with Crippen molar-refractivity contribution in [2.24, 2.45) is 0 Å². The van der Waals surface area contributed by atoms with Crippen molar-refractivity contribution >= 4 is 17.1 Å². The molecule has 2 rings (SSSR count). The van der Waals surface area contributed by atoms with E-state index in [0.29, 0.717) is 9.75 Å². The van der Waals surface area contributed by atoms with Gasteiger partial charge in [0.1, 0.15) is 35.0 Å². The summed E-state index contributed by atoms with van der Waals surface area (Å²) in [5.74, 6) is 5.46. The largest absolute Gasteiger partial charge is 0.460 e. The van der Waals surface area contributed by atoms with E-state index in [1.165, 1.54) is 6.92 Å². The molecule has 2 heterocycles. The molecule has 1 fully saturated rings. The van der Waals surface area contributed by atoms with E-state index in [1.54, 1.807) is 13.0 Å². The highest BCUT2D eigenvalue weighted by atomic mass is 32.1. The number of carbonyl (C=O) groups is 1. The molecule has 1 aromatic rings. The molecule has 0 aromatic carbocycles. The molecule has 0 radical (unpaired) electrons. The van der Waals surface area contributed by atoms with Crippen molar-refractivity contribution in [3.05, 3.63) is 15.8 Å². The molecule has 1 saturated heterocycles. The number of hydrogen-bond acceptors (Lipinski definition) is 8. The number of rotatable bonds is 4. The van der Waals surface area contributed by atoms with Gasteiger partial charge in [0.05, 0.1) is 11.5 Å². The summed E-state index contributed by atoms with van der Waals surface area (Å²) in [6.07, 6.45) is -6.95. The second-order valence-corrected chi connectivity index (χ2v) is 6.10. The van der Waals surface area contributed by atoms with E-state index in [4.69, 9.17) is 14.6 Å². The van der Waals surface area contributed by atoms with Crippen molar-refractivity contribution in [2.45, 2.75) is 44.6 Å². The number of hydrogen-bond donors (Lipinski definition) is 4. The lowest BCUT2D eigenvalue weighted by Crippen LogP contribution is -2.60. The zero-order chi connectivity index (χ0) is 17.1. The number of carbonyl (C=O) groups excluding carboxylic acids is 1. The molecule has 8 heteroatoms. The SMILES string of the molecule is CC#Cc1cc(O[C@@H]2O[C@H](CO)[C@@H](O)[C@H](O)[C@H]2O)c(C(C)=O)s1. The van der Waals surface area contributed by atoms with Crippen LogP contribution in [0.1, 0.15) is 28.4 Å². The van der Waals surface area contributed by atoms with Crippen LogP contribution in [0.2, 0.25) is 0 Å². The van der Waals surface area contributed by atoms with Crippen LogP contribution in [0.4, 0.5) is 0 Å². The molecule has 0 unspecified atom stereocenters. The van der Waals surface area contributed by atoms with Crippen LogP contribution in [-0.2, 0) is 4.74 Å². The van der Waals surface area contributed by atoms with E-state index in [0.717, 1.165) is 11.3 Å². The van der Waals surface area contributed by atoms with E-state index in [9.17, 15) is 20.1 Å². The maximum atomic E-state index is 11.7. The third kappa shape index (κ3) is 3.72. The van der Waals surface area contributed by atoms with Crippen LogP contribution in [0.25, 0.3) is 0 Å². The van der Waals surface area contributed by atoms with Crippen LogP contribution in [0, 0.1) is 11.8 Å². The number of Topliss-reactive ketones (excluding diaryl/α,β-unsaturated/α-hetero) is 1. The molecule has 1 aliphatic rings. The fourth-order valence-corrected chi connectivity index (χ4v) is 3.07. The van der Waals surface area contributed by atoms with Gasteiger partial charge in [0.15, 0.2) is 5.78 Å². The number of aliphatic hydroxyl groups excluding tert-OH is 4. The predicted molar refractivity (Wildman–Crippen MR) is 81.3 cm³/mol. The lowest BCUT2D eigenvalue weighted by atomic mass is 9.99. The number of thiophene rings is 1. The van der Waals surface area contributed by atoms with Gasteiger partial charge in [-0.25, -0.2) is 0 Å². The Morgan fingerprint density at radius 3 is 2.61 bits per heavy atom. The molecule has 4 N–H and O–H groups in total. The van der Waals surface area contributed by atoms with Gasteiger partial charge in [0, 0.05) is 13.0 Å². The zero-order valence-electron chi connectivity index (χ0n) is 12.6. The van der Waals surface area contributed by atoms with Gasteiger partial charge in [-0.1, -0.05) is 5.92 Å². The van der Waals surface area contributed by atoms with Gasteiger partial charge >= 0.3 is 0 Å². The Labute approximate surface area is 137 Å². The van der Waals surface area contributed by atoms with E-state index in [-0.39, 0.29) is 11.5 Å². The van der Waals surface area contributed by atoms with Crippen molar-refractivity contribution in [2.75, 3.05) is 6.61 Å². The monoisotopic (exact) mass is 342 g/mol. The smallest absolute Gasteiger partial charge is 0.229 e. The highest BCUT2D eigenvalue weighted by Gasteiger charge is 2.45. The Bertz CT molecular complexity index is 628. The first kappa shape index (κ1) is 17.9. The minimum atomic E-state index is -1.54. The quantitative estimate of drug-likeness (QED) is 0.430. The molecule has 0 bridgehead atoms. The summed E-state index contributed by atoms with van der Waals surface area (Å²) in [6.45, 7) is 2.47. The first-order chi connectivity index (χ1) is 10.9. The van der Waals surface area contributed by atoms with Crippen molar-refractivity contribution < 1.29 is 34.7 Å². The van der Waals surface area contributed by atoms with Crippen molar-refractivity contribution in [1.29, 1.82) is 0 Å². The minimum absolute atomic E-state index is 0.171. The molecule has 5 atom stereocenters. The van der Waals surface area contributed by atoms with E-state index < -0.39 is 37.3 Å². The Morgan fingerprint density at radius 2 is 2.04 bits per heavy atom. The lowest BCUT2D eigenvalue weighted by Gasteiger charge is -2.39. The van der Waals surface area contributed by atoms with E-state index in [2.05, 4.69) is 11.8 Å². The number of ketones is 1. The molecule has 0 aliphatic carbocycles. The summed E-state index contributed by atoms with van der Waals surface area (Å²) < 4.78 is 10.8. The predicted octanol–water partition coefficient (Wildman–Crippen LogP) is -0.499. The van der Waals surface area contributed by atoms with Gasteiger partial charge in [-0.2, -0.15) is 0 Å². The summed E-state index contributed by atoms with van der Waals surface area (Å²) in [7, 11) is 0. The van der Waals surface area contributed by atoms with Crippen molar-refractivity contribution in [3.8, 4) is 17.6 Å². The second-order valence-electron chi connectivity index (χ2n) is 5.05. The van der Waals surface area contributed by atoms with Gasteiger partial charge in [-0.15, -0.1) is 17.3 Å². The van der Waals surface area contributed by atoms with Crippen LogP contribution in [0.5, 0.6) is 5.75 Å². The fraction of sp³-hybridized carbons (Fsp3) is 0.533. The third-order valence-corrected chi connectivity index (χ3v) is 4.49. The summed E-state index contributed by atoms with van der Waals surface area (Å²) >= 11 is 1.14. The zero-order valence-corrected chi connectivity index (χ0v) is 13.4. The summed E-state index contributed by atoms with van der Waals surface area (Å²) in [5.41, 5.74) is 0. The molecule has 0 spiro atoms. The molecule has 0 saturated carbocycles. The van der Waals surface area contributed by atoms with Gasteiger partial charge in [-0.3, -0.25) is 4.79 Å². The highest BCUT2D eigenvalue weighted by Crippen LogP contribution is 2.32. The van der Waals surface area contributed by atoms with Crippen LogP contribution in [0.3, 0.4) is 0 Å². The normalized spacial score (nSPS) is 30.4. The molecule has 0 amide bonds. The Kier molecular flexibility index (Phi) is 5.75. The van der Waals surface area contributed by atoms with Crippen LogP contribution < -0.4 is 4.74 Å². The minimum Gasteiger partial charge on any atom is -0.460 e. The average molecular weight is 342 g/mol. The maximum Gasteiger partial charge on any atom is 0.229 e. The highest BCUT2D eigenvalue weighted by molar-refractivity contribution is 7.15. The first-order valence-electron chi connectivity index (χ1n) is 6.93. The van der Waals surface area contributed by atoms with Crippen LogP contribution in [-0.4, -0.2) is 63.5 Å². The Morgan fingerprint density at radius 1 is 1.35 bits per heavy atom. The molecule has 1 aliphatic heterocycles. The van der Waals surface area contributed by atoms with Gasteiger partial charge in [0.2, 0.25) is 6.29 Å².